The van der Waals surface area contributed by atoms with Crippen molar-refractivity contribution in [2.75, 3.05) is 0 Å². The first-order valence-electron chi connectivity index (χ1n) is 12.6. The smallest absolute Gasteiger partial charge is 1.00 e. The summed E-state index contributed by atoms with van der Waals surface area (Å²) in [4.78, 5) is 0. The van der Waals surface area contributed by atoms with Crippen molar-refractivity contribution in [1.29, 1.82) is 0 Å². The van der Waals surface area contributed by atoms with Gasteiger partial charge in [-0.05, 0) is 17.3 Å². The van der Waals surface area contributed by atoms with Crippen LogP contribution >= 0.6 is 0 Å². The van der Waals surface area contributed by atoms with Crippen LogP contribution in [0.4, 0.5) is 0 Å². The zero-order valence-corrected chi connectivity index (χ0v) is 29.1. The Kier molecular flexibility index (Phi) is 11.1. The Morgan fingerprint density at radius 3 is 1.83 bits per heavy atom. The summed E-state index contributed by atoms with van der Waals surface area (Å²) < 4.78 is 1.51. The fraction of sp³-hybridized carbons (Fsp3) is 0.438. The van der Waals surface area contributed by atoms with Gasteiger partial charge in [-0.15, -0.1) is 33.7 Å². The summed E-state index contributed by atoms with van der Waals surface area (Å²) in [5, 5.41) is 7.20. The van der Waals surface area contributed by atoms with Gasteiger partial charge in [-0.3, -0.25) is 0 Å². The SMILES string of the molecule is CC(C)(C)c1ccc2[cH-]c3c(C4=CC([Si](C)(C)C)=CC4)cc(C(C)(C)C)cc3c2c1.C[C](C)=[Zr+2].[Cl-].[Cl-]. The molecule has 0 spiro atoms. The molecule has 0 unspecified atom stereocenters. The minimum Gasteiger partial charge on any atom is -1.00 e. The molecule has 0 nitrogen and oxygen atoms in total. The van der Waals surface area contributed by atoms with E-state index in [0.29, 0.717) is 0 Å². The number of rotatable bonds is 2. The standard InChI is InChI=1S/C29H37Si.C3H6.2ClH.Zr/c1-28(2,3)21-12-10-20-15-26-25(19-11-13-23(14-19)30(7,8)9)17-22(29(4,5)6)18-27(26)24(20)16-21;1-3-2;;;/h10,12-18H,11H2,1-9H3;1-2H3;2*1H;/q-1;;;;+2/p-2. The van der Waals surface area contributed by atoms with Gasteiger partial charge in [0.05, 0.1) is 8.07 Å². The van der Waals surface area contributed by atoms with Gasteiger partial charge in [0.2, 0.25) is 0 Å². The van der Waals surface area contributed by atoms with E-state index in [1.54, 1.807) is 29.4 Å². The van der Waals surface area contributed by atoms with E-state index >= 15 is 0 Å². The Bertz CT molecular complexity index is 1300. The topological polar surface area (TPSA) is 0 Å². The largest absolute Gasteiger partial charge is 1.00 e. The molecular formula is C32H43Cl2SiZr-. The summed E-state index contributed by atoms with van der Waals surface area (Å²) in [6, 6.07) is 14.4. The van der Waals surface area contributed by atoms with Crippen LogP contribution in [0.3, 0.4) is 0 Å². The van der Waals surface area contributed by atoms with E-state index in [2.05, 4.69) is 124 Å². The Morgan fingerprint density at radius 2 is 1.36 bits per heavy atom. The van der Waals surface area contributed by atoms with Crippen LogP contribution < -0.4 is 24.8 Å². The van der Waals surface area contributed by atoms with Crippen molar-refractivity contribution in [2.24, 2.45) is 0 Å². The van der Waals surface area contributed by atoms with Crippen molar-refractivity contribution >= 4 is 38.4 Å². The van der Waals surface area contributed by atoms with Crippen molar-refractivity contribution < 1.29 is 49.0 Å². The van der Waals surface area contributed by atoms with Gasteiger partial charge in [-0.1, -0.05) is 125 Å². The molecule has 4 rings (SSSR count). The molecule has 3 aromatic rings. The second-order valence-corrected chi connectivity index (χ2v) is 20.7. The maximum Gasteiger partial charge on any atom is -1.00 e. The zero-order chi connectivity index (χ0) is 25.6. The molecular weight excluding hydrogens is 575 g/mol. The summed E-state index contributed by atoms with van der Waals surface area (Å²) >= 11 is 1.55. The van der Waals surface area contributed by atoms with Gasteiger partial charge in [0.15, 0.2) is 0 Å². The number of allylic oxidation sites excluding steroid dienone is 4. The second-order valence-electron chi connectivity index (χ2n) is 13.2. The van der Waals surface area contributed by atoms with Crippen LogP contribution in [-0.4, -0.2) is 11.3 Å². The van der Waals surface area contributed by atoms with Crippen LogP contribution in [0.1, 0.15) is 78.5 Å². The second kappa shape index (κ2) is 12.0. The van der Waals surface area contributed by atoms with Crippen molar-refractivity contribution in [1.82, 2.24) is 0 Å². The Morgan fingerprint density at radius 1 is 0.833 bits per heavy atom. The summed E-state index contributed by atoms with van der Waals surface area (Å²) in [6.07, 6.45) is 6.06. The molecule has 194 valence electrons. The zero-order valence-electron chi connectivity index (χ0n) is 24.1. The molecule has 0 heterocycles. The molecule has 1 aliphatic carbocycles. The van der Waals surface area contributed by atoms with Gasteiger partial charge in [0.25, 0.3) is 0 Å². The molecule has 0 amide bonds. The van der Waals surface area contributed by atoms with Gasteiger partial charge in [0, 0.05) is 0 Å². The van der Waals surface area contributed by atoms with Gasteiger partial charge in [-0.2, -0.15) is 0 Å². The third kappa shape index (κ3) is 7.69. The number of halogens is 2. The van der Waals surface area contributed by atoms with Crippen molar-refractivity contribution in [3.8, 4) is 0 Å². The van der Waals surface area contributed by atoms with Crippen molar-refractivity contribution in [2.45, 2.75) is 92.3 Å². The minimum atomic E-state index is -1.29. The first-order valence-corrected chi connectivity index (χ1v) is 17.3. The first kappa shape index (κ1) is 33.4. The predicted octanol–water partition coefficient (Wildman–Crippen LogP) is 3.65. The maximum atomic E-state index is 2.51. The predicted molar refractivity (Wildman–Crippen MR) is 155 cm³/mol. The van der Waals surface area contributed by atoms with E-state index in [4.69, 9.17) is 0 Å². The molecule has 0 bridgehead atoms. The molecule has 0 aliphatic heterocycles. The summed E-state index contributed by atoms with van der Waals surface area (Å²) in [5.41, 5.74) is 6.06. The summed E-state index contributed by atoms with van der Waals surface area (Å²) in [5.74, 6) is 0. The molecule has 36 heavy (non-hydrogen) atoms. The summed E-state index contributed by atoms with van der Waals surface area (Å²) in [6.45, 7) is 25.5. The monoisotopic (exact) mass is 615 g/mol. The van der Waals surface area contributed by atoms with Crippen molar-refractivity contribution in [3.05, 3.63) is 70.4 Å². The Labute approximate surface area is 248 Å². The van der Waals surface area contributed by atoms with Crippen LogP contribution in [0, 0.1) is 0 Å². The number of benzene rings is 2. The van der Waals surface area contributed by atoms with E-state index in [9.17, 15) is 0 Å². The van der Waals surface area contributed by atoms with Crippen LogP contribution in [0.5, 0.6) is 0 Å². The van der Waals surface area contributed by atoms with Gasteiger partial charge >= 0.3 is 41.3 Å². The van der Waals surface area contributed by atoms with Crippen LogP contribution in [-0.2, 0) is 35.1 Å². The molecule has 0 fully saturated rings. The average molecular weight is 618 g/mol. The molecule has 3 aromatic carbocycles. The average Bonchev–Trinajstić information content (AvgIpc) is 3.30. The minimum absolute atomic E-state index is 0. The molecule has 0 N–H and O–H groups in total. The Hall–Kier alpha value is -0.660. The molecule has 0 atom stereocenters. The van der Waals surface area contributed by atoms with E-state index in [1.807, 2.05) is 0 Å². The third-order valence-electron chi connectivity index (χ3n) is 6.64. The van der Waals surface area contributed by atoms with E-state index in [0.717, 1.165) is 6.42 Å². The molecule has 0 saturated carbocycles. The van der Waals surface area contributed by atoms with Gasteiger partial charge in [0.1, 0.15) is 0 Å². The number of fused-ring (bicyclic) bond motifs is 3. The molecule has 0 radical (unpaired) electrons. The van der Waals surface area contributed by atoms with Gasteiger partial charge in [-0.25, -0.2) is 0 Å². The van der Waals surface area contributed by atoms with E-state index in [-0.39, 0.29) is 35.6 Å². The van der Waals surface area contributed by atoms with Crippen LogP contribution in [0.25, 0.3) is 27.1 Å². The van der Waals surface area contributed by atoms with E-state index in [1.165, 1.54) is 47.0 Å². The Balaban J connectivity index is 0.00000101. The molecule has 1 aliphatic rings. The normalized spacial score (nSPS) is 13.9. The number of hydrogen-bond donors (Lipinski definition) is 0. The fourth-order valence-corrected chi connectivity index (χ4v) is 5.83. The number of hydrogen-bond acceptors (Lipinski definition) is 0. The van der Waals surface area contributed by atoms with Crippen molar-refractivity contribution in [3.63, 3.8) is 0 Å². The fourth-order valence-electron chi connectivity index (χ4n) is 4.50. The molecule has 0 aromatic heterocycles. The van der Waals surface area contributed by atoms with Crippen LogP contribution in [0.2, 0.25) is 19.6 Å². The first-order chi connectivity index (χ1) is 15.5. The van der Waals surface area contributed by atoms with E-state index < -0.39 is 8.07 Å². The maximum absolute atomic E-state index is 2.51. The molecule has 4 heteroatoms. The quantitative estimate of drug-likeness (QED) is 0.305. The third-order valence-corrected chi connectivity index (χ3v) is 8.72. The van der Waals surface area contributed by atoms with Gasteiger partial charge < -0.3 is 24.8 Å². The molecule has 0 saturated heterocycles. The van der Waals surface area contributed by atoms with Crippen LogP contribution in [0.15, 0.2) is 53.7 Å². The summed E-state index contributed by atoms with van der Waals surface area (Å²) in [7, 11) is -1.29.